The molecular formula is C26H23Cl2NO4. The number of carboxylic acids is 1. The molecule has 0 unspecified atom stereocenters. The van der Waals surface area contributed by atoms with Gasteiger partial charge in [0.2, 0.25) is 0 Å². The molecule has 7 heteroatoms. The van der Waals surface area contributed by atoms with Crippen LogP contribution in [0.3, 0.4) is 0 Å². The third-order valence-electron chi connectivity index (χ3n) is 5.89. The van der Waals surface area contributed by atoms with Crippen molar-refractivity contribution >= 4 is 35.3 Å². The fraction of sp³-hybridized carbons (Fsp3) is 0.231. The summed E-state index contributed by atoms with van der Waals surface area (Å²) in [7, 11) is 0. The molecule has 4 rings (SSSR count). The van der Waals surface area contributed by atoms with Gasteiger partial charge in [-0.3, -0.25) is 0 Å². The highest BCUT2D eigenvalue weighted by Gasteiger charge is 2.29. The summed E-state index contributed by atoms with van der Waals surface area (Å²) in [5.74, 6) is -1.19. The first kappa shape index (κ1) is 23.1. The van der Waals surface area contributed by atoms with Crippen LogP contribution in [0.2, 0.25) is 10.0 Å². The van der Waals surface area contributed by atoms with Gasteiger partial charge in [-0.25, -0.2) is 9.59 Å². The molecule has 0 saturated carbocycles. The highest BCUT2D eigenvalue weighted by Crippen LogP contribution is 2.44. The molecule has 0 saturated heterocycles. The van der Waals surface area contributed by atoms with Crippen LogP contribution in [-0.4, -0.2) is 29.8 Å². The number of aliphatic carboxylic acids is 1. The molecule has 1 aliphatic rings. The van der Waals surface area contributed by atoms with Gasteiger partial charge in [-0.1, -0.05) is 77.8 Å². The van der Waals surface area contributed by atoms with Gasteiger partial charge >= 0.3 is 12.1 Å². The lowest BCUT2D eigenvalue weighted by atomic mass is 9.98. The van der Waals surface area contributed by atoms with Crippen molar-refractivity contribution in [2.75, 3.05) is 6.61 Å². The van der Waals surface area contributed by atoms with Crippen LogP contribution in [0.25, 0.3) is 11.1 Å². The highest BCUT2D eigenvalue weighted by molar-refractivity contribution is 6.35. The number of hydrogen-bond donors (Lipinski definition) is 2. The van der Waals surface area contributed by atoms with Crippen molar-refractivity contribution in [3.05, 3.63) is 93.5 Å². The van der Waals surface area contributed by atoms with Gasteiger partial charge in [-0.2, -0.15) is 0 Å². The summed E-state index contributed by atoms with van der Waals surface area (Å²) in [6.45, 7) is 0.132. The van der Waals surface area contributed by atoms with Crippen LogP contribution in [0.1, 0.15) is 35.4 Å². The van der Waals surface area contributed by atoms with E-state index in [0.717, 1.165) is 27.8 Å². The average molecular weight is 484 g/mol. The second-order valence-corrected chi connectivity index (χ2v) is 8.83. The Bertz CT molecular complexity index is 1130. The maximum Gasteiger partial charge on any atom is 0.407 e. The molecule has 0 spiro atoms. The van der Waals surface area contributed by atoms with E-state index in [9.17, 15) is 14.7 Å². The van der Waals surface area contributed by atoms with Crippen molar-refractivity contribution in [2.45, 2.75) is 31.2 Å². The predicted octanol–water partition coefficient (Wildman–Crippen LogP) is 6.31. The van der Waals surface area contributed by atoms with Crippen LogP contribution in [-0.2, 0) is 16.0 Å². The minimum atomic E-state index is -1.11. The number of fused-ring (bicyclic) bond motifs is 3. The topological polar surface area (TPSA) is 75.6 Å². The lowest BCUT2D eigenvalue weighted by Crippen LogP contribution is -2.41. The Hall–Kier alpha value is -3.02. The van der Waals surface area contributed by atoms with Crippen LogP contribution in [0.15, 0.2) is 66.7 Å². The van der Waals surface area contributed by atoms with Gasteiger partial charge in [0.15, 0.2) is 0 Å². The summed E-state index contributed by atoms with van der Waals surface area (Å²) in [5, 5.41) is 13.1. The van der Waals surface area contributed by atoms with E-state index in [-0.39, 0.29) is 18.9 Å². The molecular weight excluding hydrogens is 461 g/mol. The Kier molecular flexibility index (Phi) is 7.21. The number of hydrogen-bond acceptors (Lipinski definition) is 3. The lowest BCUT2D eigenvalue weighted by Gasteiger charge is -2.17. The first-order valence-corrected chi connectivity index (χ1v) is 11.5. The van der Waals surface area contributed by atoms with Gasteiger partial charge in [-0.05, 0) is 59.2 Å². The zero-order chi connectivity index (χ0) is 23.4. The first-order chi connectivity index (χ1) is 15.9. The summed E-state index contributed by atoms with van der Waals surface area (Å²) in [4.78, 5) is 24.1. The van der Waals surface area contributed by atoms with E-state index in [0.29, 0.717) is 22.9 Å². The van der Waals surface area contributed by atoms with Crippen LogP contribution in [0, 0.1) is 0 Å². The number of nitrogens with one attached hydrogen (secondary N) is 1. The molecule has 0 aromatic heterocycles. The standard InChI is InChI=1S/C26H23Cl2NO4/c27-17-13-12-16(23(28)14-17)6-5-11-24(25(30)31)29-26(32)33-15-22-20-9-3-1-7-18(20)19-8-2-4-10-21(19)22/h1-4,7-10,12-14,22,24H,5-6,11,15H2,(H,29,32)(H,30,31)/t24-/m0/s1. The minimum Gasteiger partial charge on any atom is -0.480 e. The monoisotopic (exact) mass is 483 g/mol. The number of carbonyl (C=O) groups is 2. The zero-order valence-corrected chi connectivity index (χ0v) is 19.3. The molecule has 3 aromatic rings. The zero-order valence-electron chi connectivity index (χ0n) is 17.8. The molecule has 1 aliphatic carbocycles. The minimum absolute atomic E-state index is 0.0847. The highest BCUT2D eigenvalue weighted by atomic mass is 35.5. The Labute approximate surface area is 202 Å². The maximum atomic E-state index is 12.4. The van der Waals surface area contributed by atoms with E-state index in [1.165, 1.54) is 0 Å². The smallest absolute Gasteiger partial charge is 0.407 e. The number of carbonyl (C=O) groups excluding carboxylic acids is 1. The van der Waals surface area contributed by atoms with Crippen molar-refractivity contribution in [2.24, 2.45) is 0 Å². The summed E-state index contributed by atoms with van der Waals surface area (Å²) in [5.41, 5.74) is 5.34. The Morgan fingerprint density at radius 1 is 0.970 bits per heavy atom. The first-order valence-electron chi connectivity index (χ1n) is 10.7. The molecule has 1 amide bonds. The number of ether oxygens (including phenoxy) is 1. The van der Waals surface area contributed by atoms with Crippen molar-refractivity contribution < 1.29 is 19.4 Å². The van der Waals surface area contributed by atoms with Crippen molar-refractivity contribution in [1.82, 2.24) is 5.32 Å². The van der Waals surface area contributed by atoms with Crippen LogP contribution in [0.5, 0.6) is 0 Å². The van der Waals surface area contributed by atoms with Gasteiger partial charge in [0.1, 0.15) is 12.6 Å². The Balaban J connectivity index is 1.34. The van der Waals surface area contributed by atoms with Gasteiger partial charge in [0, 0.05) is 16.0 Å². The van der Waals surface area contributed by atoms with Crippen molar-refractivity contribution in [3.8, 4) is 11.1 Å². The van der Waals surface area contributed by atoms with E-state index < -0.39 is 18.1 Å². The van der Waals surface area contributed by atoms with Gasteiger partial charge in [-0.15, -0.1) is 0 Å². The molecule has 0 bridgehead atoms. The van der Waals surface area contributed by atoms with E-state index in [4.69, 9.17) is 27.9 Å². The Morgan fingerprint density at radius 2 is 1.61 bits per heavy atom. The molecule has 5 nitrogen and oxygen atoms in total. The fourth-order valence-electron chi connectivity index (χ4n) is 4.26. The molecule has 0 fully saturated rings. The number of rotatable bonds is 8. The van der Waals surface area contributed by atoms with E-state index in [1.54, 1.807) is 12.1 Å². The van der Waals surface area contributed by atoms with Crippen LogP contribution in [0.4, 0.5) is 4.79 Å². The number of aryl methyl sites for hydroxylation is 1. The second kappa shape index (κ2) is 10.3. The number of halogens is 2. The molecule has 0 radical (unpaired) electrons. The summed E-state index contributed by atoms with van der Waals surface area (Å²) in [6.07, 6.45) is 0.612. The lowest BCUT2D eigenvalue weighted by molar-refractivity contribution is -0.139. The molecule has 1 atom stereocenters. The van der Waals surface area contributed by atoms with Crippen LogP contribution >= 0.6 is 23.2 Å². The molecule has 3 aromatic carbocycles. The van der Waals surface area contributed by atoms with E-state index in [2.05, 4.69) is 17.4 Å². The number of carboxylic acid groups (broad SMARTS) is 1. The van der Waals surface area contributed by atoms with Gasteiger partial charge in [0.25, 0.3) is 0 Å². The molecule has 170 valence electrons. The quantitative estimate of drug-likeness (QED) is 0.393. The molecule has 0 aliphatic heterocycles. The van der Waals surface area contributed by atoms with Gasteiger partial charge < -0.3 is 15.2 Å². The Morgan fingerprint density at radius 3 is 2.21 bits per heavy atom. The summed E-state index contributed by atoms with van der Waals surface area (Å²) < 4.78 is 5.47. The molecule has 0 heterocycles. The van der Waals surface area contributed by atoms with Crippen molar-refractivity contribution in [3.63, 3.8) is 0 Å². The number of amides is 1. The fourth-order valence-corrected chi connectivity index (χ4v) is 4.76. The summed E-state index contributed by atoms with van der Waals surface area (Å²) >= 11 is 12.1. The normalized spacial score (nSPS) is 13.2. The van der Waals surface area contributed by atoms with Crippen LogP contribution < -0.4 is 5.32 Å². The largest absolute Gasteiger partial charge is 0.480 e. The molecule has 33 heavy (non-hydrogen) atoms. The maximum absolute atomic E-state index is 12.4. The third kappa shape index (κ3) is 5.32. The van der Waals surface area contributed by atoms with Gasteiger partial charge in [0.05, 0.1) is 0 Å². The number of benzene rings is 3. The second-order valence-electron chi connectivity index (χ2n) is 7.99. The van der Waals surface area contributed by atoms with E-state index >= 15 is 0 Å². The third-order valence-corrected chi connectivity index (χ3v) is 6.47. The predicted molar refractivity (Wildman–Crippen MR) is 129 cm³/mol. The van der Waals surface area contributed by atoms with Crippen molar-refractivity contribution in [1.29, 1.82) is 0 Å². The van der Waals surface area contributed by atoms with E-state index in [1.807, 2.05) is 42.5 Å². The summed E-state index contributed by atoms with van der Waals surface area (Å²) in [6, 6.07) is 20.2. The number of alkyl carbamates (subject to hydrolysis) is 1. The SMILES string of the molecule is O=C(N[C@@H](CCCc1ccc(Cl)cc1Cl)C(=O)O)OCC1c2ccccc2-c2ccccc21. The average Bonchev–Trinajstić information content (AvgIpc) is 3.12. The molecule has 2 N–H and O–H groups in total.